The van der Waals surface area contributed by atoms with E-state index in [1.54, 1.807) is 7.11 Å². The largest absolute Gasteiger partial charge is 0.497 e. The number of aliphatic hydroxyl groups excluding tert-OH is 1. The molecule has 0 aliphatic carbocycles. The zero-order valence-electron chi connectivity index (χ0n) is 10.9. The van der Waals surface area contributed by atoms with Crippen molar-refractivity contribution in [3.05, 3.63) is 30.1 Å². The number of nitrogens with zero attached hydrogens (tertiary/aromatic N) is 3. The molecular formula is C14H17N3O2. The molecule has 0 spiro atoms. The highest BCUT2D eigenvalue weighted by molar-refractivity contribution is 5.57. The van der Waals surface area contributed by atoms with Gasteiger partial charge in [0.05, 0.1) is 7.11 Å². The van der Waals surface area contributed by atoms with Crippen molar-refractivity contribution in [3.8, 4) is 17.1 Å². The summed E-state index contributed by atoms with van der Waals surface area (Å²) in [6.07, 6.45) is 1.76. The minimum absolute atomic E-state index is 0.224. The van der Waals surface area contributed by atoms with Gasteiger partial charge in [0.2, 0.25) is 0 Å². The first-order chi connectivity index (χ1) is 9.30. The second-order valence-electron chi connectivity index (χ2n) is 4.85. The van der Waals surface area contributed by atoms with Crippen LogP contribution in [0.4, 0.5) is 0 Å². The number of aliphatic hydroxyl groups is 1. The summed E-state index contributed by atoms with van der Waals surface area (Å²) in [5.41, 5.74) is 0.960. The van der Waals surface area contributed by atoms with Gasteiger partial charge in [-0.05, 0) is 24.5 Å². The summed E-state index contributed by atoms with van der Waals surface area (Å²) in [6.45, 7) is 1.05. The molecule has 0 saturated heterocycles. The number of benzene rings is 1. The van der Waals surface area contributed by atoms with E-state index < -0.39 is 0 Å². The summed E-state index contributed by atoms with van der Waals surface area (Å²) in [4.78, 5) is 4.58. The molecule has 1 aliphatic heterocycles. The van der Waals surface area contributed by atoms with E-state index in [0.717, 1.165) is 42.3 Å². The van der Waals surface area contributed by atoms with E-state index >= 15 is 0 Å². The van der Waals surface area contributed by atoms with E-state index in [-0.39, 0.29) is 6.61 Å². The fourth-order valence-corrected chi connectivity index (χ4v) is 2.41. The van der Waals surface area contributed by atoms with Crippen molar-refractivity contribution in [3.63, 3.8) is 0 Å². The van der Waals surface area contributed by atoms with Crippen LogP contribution in [0.25, 0.3) is 11.4 Å². The van der Waals surface area contributed by atoms with Gasteiger partial charge in [0.1, 0.15) is 11.6 Å². The fraction of sp³-hybridized carbons (Fsp3) is 0.429. The molecule has 2 heterocycles. The lowest BCUT2D eigenvalue weighted by atomic mass is 9.99. The maximum Gasteiger partial charge on any atom is 0.181 e. The topological polar surface area (TPSA) is 60.2 Å². The van der Waals surface area contributed by atoms with Crippen LogP contribution in [-0.4, -0.2) is 33.6 Å². The first kappa shape index (κ1) is 12.2. The molecule has 5 nitrogen and oxygen atoms in total. The van der Waals surface area contributed by atoms with E-state index in [1.807, 2.05) is 28.9 Å². The van der Waals surface area contributed by atoms with Gasteiger partial charge in [0.15, 0.2) is 5.82 Å². The average molecular weight is 259 g/mol. The van der Waals surface area contributed by atoms with Crippen molar-refractivity contribution < 1.29 is 9.84 Å². The Morgan fingerprint density at radius 2 is 2.37 bits per heavy atom. The van der Waals surface area contributed by atoms with Crippen LogP contribution in [0, 0.1) is 5.92 Å². The monoisotopic (exact) mass is 259 g/mol. The molecule has 0 bridgehead atoms. The molecule has 3 rings (SSSR count). The van der Waals surface area contributed by atoms with Crippen molar-refractivity contribution in [1.82, 2.24) is 14.8 Å². The number of methoxy groups -OCH3 is 1. The molecule has 0 amide bonds. The van der Waals surface area contributed by atoms with Gasteiger partial charge in [0.25, 0.3) is 0 Å². The summed E-state index contributed by atoms with van der Waals surface area (Å²) in [6, 6.07) is 7.75. The lowest BCUT2D eigenvalue weighted by Gasteiger charge is -2.19. The second-order valence-corrected chi connectivity index (χ2v) is 4.85. The third kappa shape index (κ3) is 2.33. The van der Waals surface area contributed by atoms with Gasteiger partial charge in [-0.15, -0.1) is 0 Å². The second kappa shape index (κ2) is 5.01. The minimum atomic E-state index is 0.224. The molecule has 1 aromatic heterocycles. The maximum atomic E-state index is 9.23. The van der Waals surface area contributed by atoms with Gasteiger partial charge >= 0.3 is 0 Å². The lowest BCUT2D eigenvalue weighted by Crippen LogP contribution is -2.22. The first-order valence-electron chi connectivity index (χ1n) is 6.49. The van der Waals surface area contributed by atoms with Gasteiger partial charge < -0.3 is 9.84 Å². The molecule has 0 radical (unpaired) electrons. The first-order valence-corrected chi connectivity index (χ1v) is 6.49. The van der Waals surface area contributed by atoms with Gasteiger partial charge in [-0.1, -0.05) is 12.1 Å². The van der Waals surface area contributed by atoms with Crippen molar-refractivity contribution in [2.45, 2.75) is 19.4 Å². The Kier molecular flexibility index (Phi) is 3.21. The highest BCUT2D eigenvalue weighted by Crippen LogP contribution is 2.24. The Morgan fingerprint density at radius 1 is 1.47 bits per heavy atom. The Balaban J connectivity index is 1.92. The van der Waals surface area contributed by atoms with Crippen LogP contribution in [0.1, 0.15) is 12.2 Å². The number of fused-ring (bicyclic) bond motifs is 1. The Labute approximate surface area is 111 Å². The van der Waals surface area contributed by atoms with Crippen LogP contribution < -0.4 is 4.74 Å². The molecule has 1 aliphatic rings. The fourth-order valence-electron chi connectivity index (χ4n) is 2.41. The van der Waals surface area contributed by atoms with Gasteiger partial charge in [-0.3, -0.25) is 0 Å². The Bertz CT molecular complexity index is 580. The summed E-state index contributed by atoms with van der Waals surface area (Å²) >= 11 is 0. The molecule has 2 aromatic rings. The molecule has 1 unspecified atom stereocenters. The molecule has 5 heteroatoms. The van der Waals surface area contributed by atoms with Crippen LogP contribution in [0.2, 0.25) is 0 Å². The van der Waals surface area contributed by atoms with Crippen molar-refractivity contribution in [1.29, 1.82) is 0 Å². The van der Waals surface area contributed by atoms with Crippen LogP contribution in [0.3, 0.4) is 0 Å². The Morgan fingerprint density at radius 3 is 3.16 bits per heavy atom. The van der Waals surface area contributed by atoms with E-state index in [1.165, 1.54) is 0 Å². The number of aromatic nitrogens is 3. The smallest absolute Gasteiger partial charge is 0.181 e. The van der Waals surface area contributed by atoms with Crippen LogP contribution >= 0.6 is 0 Å². The number of aryl methyl sites for hydroxylation is 1. The third-order valence-corrected chi connectivity index (χ3v) is 3.55. The van der Waals surface area contributed by atoms with E-state index in [4.69, 9.17) is 4.74 Å². The van der Waals surface area contributed by atoms with E-state index in [2.05, 4.69) is 10.1 Å². The van der Waals surface area contributed by atoms with Crippen LogP contribution in [-0.2, 0) is 13.0 Å². The zero-order valence-corrected chi connectivity index (χ0v) is 10.9. The lowest BCUT2D eigenvalue weighted by molar-refractivity contribution is 0.196. The van der Waals surface area contributed by atoms with Gasteiger partial charge in [0, 0.05) is 25.1 Å². The van der Waals surface area contributed by atoms with Crippen LogP contribution in [0.15, 0.2) is 24.3 Å². The standard InChI is InChI=1S/C14H17N3O2/c1-19-12-4-2-3-11(8-12)14-15-13-7-10(9-18)5-6-17(13)16-14/h2-4,8,10,18H,5-7,9H2,1H3. The number of rotatable bonds is 3. The number of hydrogen-bond acceptors (Lipinski definition) is 4. The predicted molar refractivity (Wildman–Crippen MR) is 70.9 cm³/mol. The quantitative estimate of drug-likeness (QED) is 0.907. The highest BCUT2D eigenvalue weighted by Gasteiger charge is 2.21. The van der Waals surface area contributed by atoms with Gasteiger partial charge in [-0.25, -0.2) is 9.67 Å². The van der Waals surface area contributed by atoms with Crippen molar-refractivity contribution in [2.24, 2.45) is 5.92 Å². The Hall–Kier alpha value is -1.88. The molecule has 1 atom stereocenters. The van der Waals surface area contributed by atoms with Crippen molar-refractivity contribution in [2.75, 3.05) is 13.7 Å². The minimum Gasteiger partial charge on any atom is -0.497 e. The summed E-state index contributed by atoms with van der Waals surface area (Å²) in [5.74, 6) is 2.81. The molecule has 100 valence electrons. The number of hydrogen-bond donors (Lipinski definition) is 1. The SMILES string of the molecule is COc1cccc(-c2nc3n(n2)CCC(CO)C3)c1. The summed E-state index contributed by atoms with van der Waals surface area (Å²) in [5, 5.41) is 13.8. The average Bonchev–Trinajstić information content (AvgIpc) is 2.90. The normalized spacial score (nSPS) is 18.1. The maximum absolute atomic E-state index is 9.23. The zero-order chi connectivity index (χ0) is 13.2. The third-order valence-electron chi connectivity index (χ3n) is 3.55. The van der Waals surface area contributed by atoms with Crippen LogP contribution in [0.5, 0.6) is 5.75 Å². The van der Waals surface area contributed by atoms with Crippen molar-refractivity contribution >= 4 is 0 Å². The van der Waals surface area contributed by atoms with Gasteiger partial charge in [-0.2, -0.15) is 5.10 Å². The molecule has 0 saturated carbocycles. The molecular weight excluding hydrogens is 242 g/mol. The van der Waals surface area contributed by atoms with E-state index in [9.17, 15) is 5.11 Å². The molecule has 1 N–H and O–H groups in total. The summed E-state index contributed by atoms with van der Waals surface area (Å²) in [7, 11) is 1.65. The van der Waals surface area contributed by atoms with E-state index in [0.29, 0.717) is 5.92 Å². The molecule has 19 heavy (non-hydrogen) atoms. The predicted octanol–water partition coefficient (Wildman–Crippen LogP) is 1.51. The molecule has 1 aromatic carbocycles. The molecule has 0 fully saturated rings. The number of ether oxygens (including phenoxy) is 1. The summed E-state index contributed by atoms with van der Waals surface area (Å²) < 4.78 is 7.16. The highest BCUT2D eigenvalue weighted by atomic mass is 16.5.